The molecule has 3 N–H and O–H groups in total. The SMILES string of the molecule is CN(c1ccc(C(N)=O)nn1)C1CNC1. The zero-order chi connectivity index (χ0) is 10.8. The van der Waals surface area contributed by atoms with E-state index < -0.39 is 5.91 Å². The molecule has 1 saturated heterocycles. The Bertz CT molecular complexity index is 359. The number of nitrogens with two attached hydrogens (primary N) is 1. The Kier molecular flexibility index (Phi) is 2.51. The molecule has 6 heteroatoms. The van der Waals surface area contributed by atoms with Crippen LogP contribution in [0.3, 0.4) is 0 Å². The van der Waals surface area contributed by atoms with Gasteiger partial charge in [0, 0.05) is 20.1 Å². The first-order valence-electron chi connectivity index (χ1n) is 4.75. The highest BCUT2D eigenvalue weighted by Gasteiger charge is 2.22. The van der Waals surface area contributed by atoms with Crippen molar-refractivity contribution < 1.29 is 4.79 Å². The van der Waals surface area contributed by atoms with Crippen molar-refractivity contribution in [3.05, 3.63) is 17.8 Å². The monoisotopic (exact) mass is 207 g/mol. The van der Waals surface area contributed by atoms with Crippen LogP contribution in [0.2, 0.25) is 0 Å². The summed E-state index contributed by atoms with van der Waals surface area (Å²) in [6.45, 7) is 1.91. The first-order valence-corrected chi connectivity index (χ1v) is 4.75. The number of hydrogen-bond donors (Lipinski definition) is 2. The van der Waals surface area contributed by atoms with Crippen LogP contribution in [0.5, 0.6) is 0 Å². The van der Waals surface area contributed by atoms with E-state index in [1.165, 1.54) is 0 Å². The van der Waals surface area contributed by atoms with E-state index in [1.54, 1.807) is 12.1 Å². The molecule has 0 aromatic carbocycles. The lowest BCUT2D eigenvalue weighted by molar-refractivity contribution is 0.0994. The van der Waals surface area contributed by atoms with Crippen molar-refractivity contribution in [1.82, 2.24) is 15.5 Å². The van der Waals surface area contributed by atoms with Gasteiger partial charge in [-0.05, 0) is 12.1 Å². The van der Waals surface area contributed by atoms with Crippen LogP contribution < -0.4 is 16.0 Å². The third-order valence-electron chi connectivity index (χ3n) is 2.57. The number of aromatic nitrogens is 2. The zero-order valence-electron chi connectivity index (χ0n) is 8.47. The lowest BCUT2D eigenvalue weighted by Crippen LogP contribution is -2.56. The Balaban J connectivity index is 2.11. The van der Waals surface area contributed by atoms with Gasteiger partial charge in [-0.15, -0.1) is 10.2 Å². The van der Waals surface area contributed by atoms with Crippen molar-refractivity contribution in [2.24, 2.45) is 5.73 Å². The van der Waals surface area contributed by atoms with Gasteiger partial charge >= 0.3 is 0 Å². The molecule has 2 heterocycles. The molecule has 1 amide bonds. The van der Waals surface area contributed by atoms with Gasteiger partial charge in [-0.3, -0.25) is 4.79 Å². The molecule has 0 radical (unpaired) electrons. The number of rotatable bonds is 3. The molecule has 0 atom stereocenters. The Labute approximate surface area is 87.5 Å². The molecule has 1 aliphatic heterocycles. The second-order valence-corrected chi connectivity index (χ2v) is 3.56. The predicted molar refractivity (Wildman–Crippen MR) is 55.6 cm³/mol. The van der Waals surface area contributed by atoms with Crippen LogP contribution in [-0.2, 0) is 0 Å². The van der Waals surface area contributed by atoms with Crippen LogP contribution in [0.4, 0.5) is 5.82 Å². The average Bonchev–Trinajstić information content (AvgIpc) is 2.15. The van der Waals surface area contributed by atoms with E-state index in [4.69, 9.17) is 5.73 Å². The number of nitrogens with one attached hydrogen (secondary N) is 1. The van der Waals surface area contributed by atoms with Crippen molar-refractivity contribution in [2.75, 3.05) is 25.0 Å². The minimum absolute atomic E-state index is 0.193. The number of carbonyl (C=O) groups excluding carboxylic acids is 1. The number of amides is 1. The van der Waals surface area contributed by atoms with Gasteiger partial charge in [-0.2, -0.15) is 0 Å². The largest absolute Gasteiger partial charge is 0.364 e. The number of hydrogen-bond acceptors (Lipinski definition) is 5. The summed E-state index contributed by atoms with van der Waals surface area (Å²) in [7, 11) is 1.96. The Morgan fingerprint density at radius 1 is 1.53 bits per heavy atom. The summed E-state index contributed by atoms with van der Waals surface area (Å²) >= 11 is 0. The highest BCUT2D eigenvalue weighted by molar-refractivity contribution is 5.90. The maximum Gasteiger partial charge on any atom is 0.269 e. The number of anilines is 1. The minimum atomic E-state index is -0.554. The van der Waals surface area contributed by atoms with E-state index in [9.17, 15) is 4.79 Å². The molecule has 2 rings (SSSR count). The second kappa shape index (κ2) is 3.82. The van der Waals surface area contributed by atoms with Crippen LogP contribution in [0, 0.1) is 0 Å². The van der Waals surface area contributed by atoms with Crippen molar-refractivity contribution in [1.29, 1.82) is 0 Å². The molecule has 0 spiro atoms. The van der Waals surface area contributed by atoms with E-state index in [-0.39, 0.29) is 5.69 Å². The molecule has 15 heavy (non-hydrogen) atoms. The summed E-state index contributed by atoms with van der Waals surface area (Å²) < 4.78 is 0. The fraction of sp³-hybridized carbons (Fsp3) is 0.444. The van der Waals surface area contributed by atoms with Crippen LogP contribution in [0.25, 0.3) is 0 Å². The predicted octanol–water partition coefficient (Wildman–Crippen LogP) is -1.02. The summed E-state index contributed by atoms with van der Waals surface area (Å²) in [5.74, 6) is 0.202. The summed E-state index contributed by atoms with van der Waals surface area (Å²) in [4.78, 5) is 12.8. The molecule has 0 bridgehead atoms. The molecule has 1 fully saturated rings. The third kappa shape index (κ3) is 1.89. The van der Waals surface area contributed by atoms with Gasteiger partial charge in [-0.1, -0.05) is 0 Å². The maximum atomic E-state index is 10.8. The highest BCUT2D eigenvalue weighted by Crippen LogP contribution is 2.12. The quantitative estimate of drug-likeness (QED) is 0.663. The van der Waals surface area contributed by atoms with E-state index in [1.807, 2.05) is 11.9 Å². The lowest BCUT2D eigenvalue weighted by atomic mass is 10.1. The molecule has 0 aliphatic carbocycles. The normalized spacial score (nSPS) is 15.8. The Hall–Kier alpha value is -1.69. The van der Waals surface area contributed by atoms with Gasteiger partial charge in [0.2, 0.25) is 0 Å². The van der Waals surface area contributed by atoms with Gasteiger partial charge in [0.15, 0.2) is 11.5 Å². The molecule has 0 saturated carbocycles. The van der Waals surface area contributed by atoms with Crippen LogP contribution >= 0.6 is 0 Å². The molecule has 1 aliphatic rings. The first-order chi connectivity index (χ1) is 7.18. The van der Waals surface area contributed by atoms with Crippen molar-refractivity contribution in [2.45, 2.75) is 6.04 Å². The molecule has 6 nitrogen and oxygen atoms in total. The Morgan fingerprint density at radius 2 is 2.27 bits per heavy atom. The van der Waals surface area contributed by atoms with Gasteiger partial charge < -0.3 is 16.0 Å². The molecular formula is C9H13N5O. The van der Waals surface area contributed by atoms with Gasteiger partial charge in [-0.25, -0.2) is 0 Å². The summed E-state index contributed by atoms with van der Waals surface area (Å²) in [6, 6.07) is 3.80. The number of likely N-dealkylation sites (N-methyl/N-ethyl adjacent to an activating group) is 1. The second-order valence-electron chi connectivity index (χ2n) is 3.56. The fourth-order valence-electron chi connectivity index (χ4n) is 1.38. The van der Waals surface area contributed by atoms with Crippen molar-refractivity contribution in [3.8, 4) is 0 Å². The standard InChI is InChI=1S/C9H13N5O/c1-14(6-4-11-5-6)8-3-2-7(9(10)15)12-13-8/h2-3,6,11H,4-5H2,1H3,(H2,10,15). The summed E-state index contributed by atoms with van der Waals surface area (Å²) in [6.07, 6.45) is 0. The molecule has 80 valence electrons. The first kappa shape index (κ1) is 9.85. The number of nitrogens with zero attached hydrogens (tertiary/aromatic N) is 3. The van der Waals surface area contributed by atoms with Crippen LogP contribution in [0.15, 0.2) is 12.1 Å². The Morgan fingerprint density at radius 3 is 2.67 bits per heavy atom. The number of carbonyl (C=O) groups is 1. The zero-order valence-corrected chi connectivity index (χ0v) is 8.47. The molecule has 1 aromatic heterocycles. The summed E-state index contributed by atoms with van der Waals surface area (Å²) in [5, 5.41) is 10.9. The topological polar surface area (TPSA) is 84.1 Å². The third-order valence-corrected chi connectivity index (χ3v) is 2.57. The van der Waals surface area contributed by atoms with Gasteiger partial charge in [0.25, 0.3) is 5.91 Å². The molecular weight excluding hydrogens is 194 g/mol. The van der Waals surface area contributed by atoms with E-state index in [0.29, 0.717) is 6.04 Å². The molecule has 1 aromatic rings. The van der Waals surface area contributed by atoms with Crippen LogP contribution in [-0.4, -0.2) is 42.3 Å². The van der Waals surface area contributed by atoms with Gasteiger partial charge in [0.1, 0.15) is 0 Å². The fourth-order valence-corrected chi connectivity index (χ4v) is 1.38. The van der Waals surface area contributed by atoms with E-state index >= 15 is 0 Å². The van der Waals surface area contributed by atoms with Crippen molar-refractivity contribution in [3.63, 3.8) is 0 Å². The van der Waals surface area contributed by atoms with E-state index in [0.717, 1.165) is 18.9 Å². The average molecular weight is 207 g/mol. The minimum Gasteiger partial charge on any atom is -0.364 e. The molecule has 0 unspecified atom stereocenters. The van der Waals surface area contributed by atoms with Crippen molar-refractivity contribution >= 4 is 11.7 Å². The maximum absolute atomic E-state index is 10.8. The lowest BCUT2D eigenvalue weighted by Gasteiger charge is -2.36. The van der Waals surface area contributed by atoms with Gasteiger partial charge in [0.05, 0.1) is 6.04 Å². The van der Waals surface area contributed by atoms with Crippen LogP contribution in [0.1, 0.15) is 10.5 Å². The van der Waals surface area contributed by atoms with E-state index in [2.05, 4.69) is 15.5 Å². The number of primary amides is 1. The highest BCUT2D eigenvalue weighted by atomic mass is 16.1. The smallest absolute Gasteiger partial charge is 0.269 e. The summed E-state index contributed by atoms with van der Waals surface area (Å²) in [5.41, 5.74) is 5.27.